The maximum atomic E-state index is 13.3. The van der Waals surface area contributed by atoms with Crippen molar-refractivity contribution in [1.29, 1.82) is 0 Å². The Balaban J connectivity index is 1.27. The van der Waals surface area contributed by atoms with E-state index in [1.807, 2.05) is 24.8 Å². The molecule has 2 fully saturated rings. The number of nitrogen functional groups attached to an aromatic ring is 1. The van der Waals surface area contributed by atoms with E-state index in [0.29, 0.717) is 54.1 Å². The Hall–Kier alpha value is -3.97. The Morgan fingerprint density at radius 1 is 1.25 bits per heavy atom. The van der Waals surface area contributed by atoms with Crippen LogP contribution in [0, 0.1) is 17.3 Å². The Bertz CT molecular complexity index is 1700. The number of hydrogen-bond acceptors (Lipinski definition) is 7. The van der Waals surface area contributed by atoms with Crippen molar-refractivity contribution >= 4 is 46.1 Å². The van der Waals surface area contributed by atoms with Gasteiger partial charge >= 0.3 is 6.18 Å². The molecule has 232 valence electrons. The fourth-order valence-electron chi connectivity index (χ4n) is 6.09. The highest BCUT2D eigenvalue weighted by atomic mass is 35.5. The number of ether oxygens (including phenoxy) is 1. The van der Waals surface area contributed by atoms with Crippen molar-refractivity contribution in [2.24, 2.45) is 17.3 Å². The van der Waals surface area contributed by atoms with E-state index in [2.05, 4.69) is 15.3 Å². The molecule has 6 rings (SSSR count). The van der Waals surface area contributed by atoms with Gasteiger partial charge in [-0.25, -0.2) is 15.0 Å². The molecule has 44 heavy (non-hydrogen) atoms. The number of carbonyl (C=O) groups excluding carboxylic acids is 2. The maximum Gasteiger partial charge on any atom is 0.416 e. The Labute approximate surface area is 256 Å². The zero-order valence-corrected chi connectivity index (χ0v) is 24.8. The number of nitrogens with two attached hydrogens (primary N) is 1. The van der Waals surface area contributed by atoms with Crippen LogP contribution in [-0.4, -0.2) is 62.4 Å². The third-order valence-corrected chi connectivity index (χ3v) is 8.77. The van der Waals surface area contributed by atoms with Gasteiger partial charge in [0.1, 0.15) is 28.1 Å². The third kappa shape index (κ3) is 5.43. The molecule has 0 radical (unpaired) electrons. The number of hydrogen-bond donors (Lipinski definition) is 2. The topological polar surface area (TPSA) is 128 Å². The number of amides is 2. The van der Waals surface area contributed by atoms with E-state index in [1.165, 1.54) is 6.20 Å². The van der Waals surface area contributed by atoms with Gasteiger partial charge in [0.25, 0.3) is 0 Å². The van der Waals surface area contributed by atoms with Crippen LogP contribution in [0.4, 0.5) is 24.8 Å². The van der Waals surface area contributed by atoms with Gasteiger partial charge in [-0.1, -0.05) is 36.8 Å². The van der Waals surface area contributed by atoms with Crippen LogP contribution in [0.2, 0.25) is 5.15 Å². The number of likely N-dealkylation sites (tertiary alicyclic amines) is 1. The number of alkyl halides is 3. The number of allylic oxidation sites excluding steroid dienone is 3. The Kier molecular flexibility index (Phi) is 7.65. The molecular formula is C30H31ClF3N7O3. The Morgan fingerprint density at radius 3 is 2.70 bits per heavy atom. The van der Waals surface area contributed by atoms with Crippen LogP contribution >= 0.6 is 11.6 Å². The van der Waals surface area contributed by atoms with Gasteiger partial charge in [-0.3, -0.25) is 14.0 Å². The minimum atomic E-state index is -4.56. The number of nitrogens with one attached hydrogen (secondary N) is 1. The van der Waals surface area contributed by atoms with Gasteiger partial charge in [0, 0.05) is 25.2 Å². The van der Waals surface area contributed by atoms with Crippen molar-refractivity contribution in [2.45, 2.75) is 38.8 Å². The molecule has 14 heteroatoms. The summed E-state index contributed by atoms with van der Waals surface area (Å²) in [5.41, 5.74) is 6.70. The van der Waals surface area contributed by atoms with Crippen molar-refractivity contribution in [2.75, 3.05) is 37.4 Å². The maximum absolute atomic E-state index is 13.3. The zero-order valence-electron chi connectivity index (χ0n) is 24.1. The minimum Gasteiger partial charge on any atom is -0.382 e. The van der Waals surface area contributed by atoms with Crippen molar-refractivity contribution < 1.29 is 27.5 Å². The molecule has 1 aliphatic carbocycles. The standard InChI is InChI=1S/C30H31ClF3N7O3/c1-16-10-17(5-6-20(16)27(42)38-22-11-19(7-8-36-22)30(32,33)34)23-24-25(35)37-12-21(31)41(24)26(39-23)18-4-3-9-40(13-18)28(43)29(2)14-44-15-29/h5-8,10-12,16,18,20H,3-4,9,13-15H2,1-2H3,(H2,35,37)(H,36,38,42). The average molecular weight is 630 g/mol. The van der Waals surface area contributed by atoms with Gasteiger partial charge in [0.05, 0.1) is 42.0 Å². The molecule has 5 heterocycles. The van der Waals surface area contributed by atoms with Gasteiger partial charge < -0.3 is 20.7 Å². The molecule has 0 spiro atoms. The van der Waals surface area contributed by atoms with Crippen LogP contribution in [0.5, 0.6) is 0 Å². The molecular weight excluding hydrogens is 599 g/mol. The van der Waals surface area contributed by atoms with E-state index in [4.69, 9.17) is 27.1 Å². The summed E-state index contributed by atoms with van der Waals surface area (Å²) >= 11 is 6.66. The van der Waals surface area contributed by atoms with E-state index in [9.17, 15) is 22.8 Å². The van der Waals surface area contributed by atoms with E-state index in [0.717, 1.165) is 31.2 Å². The number of nitrogens with zero attached hydrogens (tertiary/aromatic N) is 5. The summed E-state index contributed by atoms with van der Waals surface area (Å²) in [6, 6.07) is 1.64. The zero-order chi connectivity index (χ0) is 31.4. The predicted octanol–water partition coefficient (Wildman–Crippen LogP) is 4.97. The number of pyridine rings is 1. The summed E-state index contributed by atoms with van der Waals surface area (Å²) in [6.45, 7) is 5.70. The first kappa shape index (κ1) is 30.1. The molecule has 0 bridgehead atoms. The van der Waals surface area contributed by atoms with Crippen LogP contribution in [0.3, 0.4) is 0 Å². The van der Waals surface area contributed by atoms with Crippen LogP contribution in [0.1, 0.15) is 49.7 Å². The lowest BCUT2D eigenvalue weighted by molar-refractivity contribution is -0.170. The summed E-state index contributed by atoms with van der Waals surface area (Å²) < 4.78 is 46.5. The fraction of sp³-hybridized carbons (Fsp3) is 0.433. The highest BCUT2D eigenvalue weighted by Crippen LogP contribution is 2.38. The molecule has 3 N–H and O–H groups in total. The molecule has 3 unspecified atom stereocenters. The molecule has 10 nitrogen and oxygen atoms in total. The Morgan fingerprint density at radius 2 is 2.02 bits per heavy atom. The summed E-state index contributed by atoms with van der Waals surface area (Å²) in [7, 11) is 0. The van der Waals surface area contributed by atoms with Crippen molar-refractivity contribution in [3.05, 3.63) is 65.0 Å². The van der Waals surface area contributed by atoms with Crippen molar-refractivity contribution in [1.82, 2.24) is 24.3 Å². The number of rotatable bonds is 5. The van der Waals surface area contributed by atoms with Crippen molar-refractivity contribution in [3.63, 3.8) is 0 Å². The number of aromatic nitrogens is 4. The summed E-state index contributed by atoms with van der Waals surface area (Å²) in [4.78, 5) is 41.3. The molecule has 2 saturated heterocycles. The first-order valence-corrected chi connectivity index (χ1v) is 14.7. The second-order valence-corrected chi connectivity index (χ2v) is 12.3. The first-order valence-electron chi connectivity index (χ1n) is 14.3. The third-order valence-electron chi connectivity index (χ3n) is 8.51. The number of carbonyl (C=O) groups is 2. The van der Waals surface area contributed by atoms with E-state index < -0.39 is 29.0 Å². The van der Waals surface area contributed by atoms with Gasteiger partial charge in [-0.2, -0.15) is 13.2 Å². The predicted molar refractivity (Wildman–Crippen MR) is 158 cm³/mol. The SMILES string of the molecule is CC1C=C(c2nc(C3CCCN(C(=O)C4(C)COC4)C3)n3c(Cl)cnc(N)c23)C=CC1C(=O)Nc1cc(C(F)(F)F)ccn1. The van der Waals surface area contributed by atoms with Gasteiger partial charge in [-0.05, 0) is 43.4 Å². The fourth-order valence-corrected chi connectivity index (χ4v) is 6.31. The van der Waals surface area contributed by atoms with Crippen LogP contribution in [0.25, 0.3) is 11.1 Å². The number of piperidine rings is 1. The quantitative estimate of drug-likeness (QED) is 0.408. The van der Waals surface area contributed by atoms with Gasteiger partial charge in [0.2, 0.25) is 11.8 Å². The highest BCUT2D eigenvalue weighted by molar-refractivity contribution is 6.29. The molecule has 3 aromatic rings. The lowest BCUT2D eigenvalue weighted by Crippen LogP contribution is -2.55. The molecule has 0 saturated carbocycles. The summed E-state index contributed by atoms with van der Waals surface area (Å²) in [5, 5.41) is 2.82. The molecule has 3 aromatic heterocycles. The minimum absolute atomic E-state index is 0.0678. The lowest BCUT2D eigenvalue weighted by atomic mass is 9.85. The number of anilines is 2. The molecule has 0 aromatic carbocycles. The molecule has 3 atom stereocenters. The summed E-state index contributed by atoms with van der Waals surface area (Å²) in [6.07, 6.45) is 4.80. The van der Waals surface area contributed by atoms with Crippen LogP contribution < -0.4 is 11.1 Å². The number of imidazole rings is 1. The molecule has 2 aliphatic heterocycles. The highest BCUT2D eigenvalue weighted by Gasteiger charge is 2.45. The van der Waals surface area contributed by atoms with Crippen LogP contribution in [-0.2, 0) is 20.5 Å². The smallest absolute Gasteiger partial charge is 0.382 e. The van der Waals surface area contributed by atoms with E-state index in [-0.39, 0.29) is 29.4 Å². The largest absolute Gasteiger partial charge is 0.416 e. The van der Waals surface area contributed by atoms with Gasteiger partial charge in [0.15, 0.2) is 0 Å². The normalized spacial score (nSPS) is 23.3. The number of fused-ring (bicyclic) bond motifs is 1. The monoisotopic (exact) mass is 629 g/mol. The number of halogens is 4. The van der Waals surface area contributed by atoms with Gasteiger partial charge in [-0.15, -0.1) is 0 Å². The second-order valence-electron chi connectivity index (χ2n) is 11.9. The lowest BCUT2D eigenvalue weighted by Gasteiger charge is -2.42. The van der Waals surface area contributed by atoms with Crippen LogP contribution in [0.15, 0.2) is 42.8 Å². The molecule has 3 aliphatic rings. The van der Waals surface area contributed by atoms with Crippen molar-refractivity contribution in [3.8, 4) is 0 Å². The van der Waals surface area contributed by atoms with E-state index >= 15 is 0 Å². The van der Waals surface area contributed by atoms with E-state index in [1.54, 1.807) is 16.6 Å². The summed E-state index contributed by atoms with van der Waals surface area (Å²) in [5.74, 6) is -0.840. The molecule has 2 amide bonds. The average Bonchev–Trinajstić information content (AvgIpc) is 3.39. The second kappa shape index (κ2) is 11.2. The first-order chi connectivity index (χ1) is 20.9.